The highest BCUT2D eigenvalue weighted by Gasteiger charge is 2.31. The van der Waals surface area contributed by atoms with Crippen molar-refractivity contribution in [3.8, 4) is 5.75 Å². The molecule has 0 aliphatic carbocycles. The van der Waals surface area contributed by atoms with Gasteiger partial charge < -0.3 is 15.5 Å². The predicted molar refractivity (Wildman–Crippen MR) is 62.5 cm³/mol. The van der Waals surface area contributed by atoms with Crippen molar-refractivity contribution in [3.05, 3.63) is 29.5 Å². The Morgan fingerprint density at radius 3 is 2.67 bits per heavy atom. The molecule has 0 bridgehead atoms. The van der Waals surface area contributed by atoms with Crippen molar-refractivity contribution >= 4 is 10.9 Å². The molecular weight excluding hydrogens is 245 g/mol. The summed E-state index contributed by atoms with van der Waals surface area (Å²) in [5.74, 6) is -0.215. The van der Waals surface area contributed by atoms with Gasteiger partial charge in [-0.05, 0) is 43.7 Å². The van der Waals surface area contributed by atoms with E-state index in [0.717, 1.165) is 22.2 Å². The molecule has 0 fully saturated rings. The lowest BCUT2D eigenvalue weighted by Crippen LogP contribution is -2.17. The Labute approximate surface area is 102 Å². The van der Waals surface area contributed by atoms with Gasteiger partial charge in [-0.25, -0.2) is 0 Å². The molecule has 6 heteroatoms. The van der Waals surface area contributed by atoms with E-state index in [1.807, 2.05) is 6.92 Å². The maximum atomic E-state index is 12.1. The molecule has 18 heavy (non-hydrogen) atoms. The van der Waals surface area contributed by atoms with Crippen molar-refractivity contribution < 1.29 is 17.9 Å². The third-order valence-corrected chi connectivity index (χ3v) is 2.72. The number of aromatic nitrogens is 1. The van der Waals surface area contributed by atoms with Gasteiger partial charge in [0.25, 0.3) is 0 Å². The Balaban J connectivity index is 2.45. The van der Waals surface area contributed by atoms with Gasteiger partial charge in [-0.1, -0.05) is 0 Å². The maximum Gasteiger partial charge on any atom is 0.573 e. The average Bonchev–Trinajstić information content (AvgIpc) is 2.54. The van der Waals surface area contributed by atoms with Gasteiger partial charge in [0.05, 0.1) is 0 Å². The van der Waals surface area contributed by atoms with E-state index in [1.165, 1.54) is 12.1 Å². The first-order valence-electron chi connectivity index (χ1n) is 5.48. The van der Waals surface area contributed by atoms with Gasteiger partial charge in [-0.3, -0.25) is 0 Å². The van der Waals surface area contributed by atoms with Crippen LogP contribution in [-0.4, -0.2) is 17.9 Å². The first kappa shape index (κ1) is 12.8. The maximum absolute atomic E-state index is 12.1. The standard InChI is InChI=1S/C12H13F3N2O/c1-7-9(4-5-16)10-6-8(18-12(13,14)15)2-3-11(10)17-7/h2-3,6,17H,4-5,16H2,1H3. The number of aryl methyl sites for hydroxylation is 1. The van der Waals surface area contributed by atoms with Crippen LogP contribution < -0.4 is 10.5 Å². The Morgan fingerprint density at radius 2 is 2.06 bits per heavy atom. The number of ether oxygens (including phenoxy) is 1. The zero-order valence-electron chi connectivity index (χ0n) is 9.77. The van der Waals surface area contributed by atoms with Crippen LogP contribution in [0.4, 0.5) is 13.2 Å². The molecule has 0 saturated carbocycles. The third-order valence-electron chi connectivity index (χ3n) is 2.72. The molecular formula is C12H13F3N2O. The quantitative estimate of drug-likeness (QED) is 0.889. The van der Waals surface area contributed by atoms with E-state index < -0.39 is 6.36 Å². The van der Waals surface area contributed by atoms with Crippen molar-refractivity contribution in [2.24, 2.45) is 5.73 Å². The summed E-state index contributed by atoms with van der Waals surface area (Å²) in [6.07, 6.45) is -4.06. The van der Waals surface area contributed by atoms with Crippen LogP contribution in [0.3, 0.4) is 0 Å². The highest BCUT2D eigenvalue weighted by atomic mass is 19.4. The van der Waals surface area contributed by atoms with Gasteiger partial charge in [0, 0.05) is 16.6 Å². The molecule has 0 saturated heterocycles. The van der Waals surface area contributed by atoms with E-state index >= 15 is 0 Å². The number of nitrogens with two attached hydrogens (primary N) is 1. The molecule has 2 rings (SSSR count). The van der Waals surface area contributed by atoms with Crippen LogP contribution in [0.2, 0.25) is 0 Å². The number of H-pyrrole nitrogens is 1. The van der Waals surface area contributed by atoms with E-state index in [4.69, 9.17) is 5.73 Å². The van der Waals surface area contributed by atoms with Crippen LogP contribution in [0.1, 0.15) is 11.3 Å². The highest BCUT2D eigenvalue weighted by Crippen LogP contribution is 2.29. The smallest absolute Gasteiger partial charge is 0.406 e. The summed E-state index contributed by atoms with van der Waals surface area (Å²) >= 11 is 0. The third kappa shape index (κ3) is 2.59. The minimum atomic E-state index is -4.67. The van der Waals surface area contributed by atoms with Gasteiger partial charge in [0.2, 0.25) is 0 Å². The molecule has 0 spiro atoms. The summed E-state index contributed by atoms with van der Waals surface area (Å²) in [5.41, 5.74) is 8.12. The number of hydrogen-bond acceptors (Lipinski definition) is 2. The number of alkyl halides is 3. The predicted octanol–water partition coefficient (Wildman–Crippen LogP) is 2.88. The molecule has 1 heterocycles. The van der Waals surface area contributed by atoms with Crippen LogP contribution in [0.15, 0.2) is 18.2 Å². The molecule has 1 aromatic heterocycles. The van der Waals surface area contributed by atoms with Crippen LogP contribution in [0.25, 0.3) is 10.9 Å². The van der Waals surface area contributed by atoms with E-state index in [-0.39, 0.29) is 5.75 Å². The van der Waals surface area contributed by atoms with Crippen LogP contribution in [-0.2, 0) is 6.42 Å². The molecule has 0 aliphatic heterocycles. The highest BCUT2D eigenvalue weighted by molar-refractivity contribution is 5.86. The minimum absolute atomic E-state index is 0.215. The van der Waals surface area contributed by atoms with Gasteiger partial charge in [0.1, 0.15) is 5.75 Å². The van der Waals surface area contributed by atoms with Crippen molar-refractivity contribution in [1.29, 1.82) is 0 Å². The fourth-order valence-corrected chi connectivity index (χ4v) is 2.03. The van der Waals surface area contributed by atoms with Crippen molar-refractivity contribution in [1.82, 2.24) is 4.98 Å². The number of hydrogen-bond donors (Lipinski definition) is 2. The number of nitrogens with one attached hydrogen (secondary N) is 1. The summed E-state index contributed by atoms with van der Waals surface area (Å²) in [5, 5.41) is 0.722. The van der Waals surface area contributed by atoms with Crippen molar-refractivity contribution in [3.63, 3.8) is 0 Å². The van der Waals surface area contributed by atoms with Crippen LogP contribution in [0, 0.1) is 6.92 Å². The van der Waals surface area contributed by atoms with Crippen molar-refractivity contribution in [2.75, 3.05) is 6.54 Å². The lowest BCUT2D eigenvalue weighted by atomic mass is 10.1. The van der Waals surface area contributed by atoms with E-state index in [0.29, 0.717) is 13.0 Å². The lowest BCUT2D eigenvalue weighted by Gasteiger charge is -2.08. The minimum Gasteiger partial charge on any atom is -0.406 e. The van der Waals surface area contributed by atoms with Gasteiger partial charge in [-0.15, -0.1) is 13.2 Å². The zero-order chi connectivity index (χ0) is 13.3. The number of fused-ring (bicyclic) bond motifs is 1. The monoisotopic (exact) mass is 258 g/mol. The van der Waals surface area contributed by atoms with E-state index in [9.17, 15) is 13.2 Å². The topological polar surface area (TPSA) is 51.0 Å². The normalized spacial score (nSPS) is 12.1. The first-order chi connectivity index (χ1) is 8.40. The number of rotatable bonds is 3. The SMILES string of the molecule is Cc1[nH]c2ccc(OC(F)(F)F)cc2c1CCN. The molecule has 0 aliphatic rings. The summed E-state index contributed by atoms with van der Waals surface area (Å²) in [6.45, 7) is 2.31. The second-order valence-electron chi connectivity index (χ2n) is 4.02. The molecule has 98 valence electrons. The molecule has 0 unspecified atom stereocenters. The summed E-state index contributed by atoms with van der Waals surface area (Å²) in [4.78, 5) is 3.11. The summed E-state index contributed by atoms with van der Waals surface area (Å²) < 4.78 is 40.3. The van der Waals surface area contributed by atoms with Gasteiger partial charge >= 0.3 is 6.36 Å². The van der Waals surface area contributed by atoms with Crippen LogP contribution in [0.5, 0.6) is 5.75 Å². The number of halogens is 3. The summed E-state index contributed by atoms with van der Waals surface area (Å²) in [7, 11) is 0. The van der Waals surface area contributed by atoms with Gasteiger partial charge in [0.15, 0.2) is 0 Å². The second kappa shape index (κ2) is 4.53. The largest absolute Gasteiger partial charge is 0.573 e. The number of benzene rings is 1. The first-order valence-corrected chi connectivity index (χ1v) is 5.48. The number of aromatic amines is 1. The molecule has 0 atom stereocenters. The fraction of sp³-hybridized carbons (Fsp3) is 0.333. The van der Waals surface area contributed by atoms with Crippen molar-refractivity contribution in [2.45, 2.75) is 19.7 Å². The average molecular weight is 258 g/mol. The molecule has 3 N–H and O–H groups in total. The molecule has 0 radical (unpaired) electrons. The van der Waals surface area contributed by atoms with Crippen LogP contribution >= 0.6 is 0 Å². The lowest BCUT2D eigenvalue weighted by molar-refractivity contribution is -0.274. The fourth-order valence-electron chi connectivity index (χ4n) is 2.03. The molecule has 0 amide bonds. The van der Waals surface area contributed by atoms with Gasteiger partial charge in [-0.2, -0.15) is 0 Å². The molecule has 2 aromatic rings. The Hall–Kier alpha value is -1.69. The zero-order valence-corrected chi connectivity index (χ0v) is 9.77. The Bertz CT molecular complexity index is 560. The molecule has 1 aromatic carbocycles. The second-order valence-corrected chi connectivity index (χ2v) is 4.02. The Kier molecular flexibility index (Phi) is 3.21. The summed E-state index contributed by atoms with van der Waals surface area (Å²) in [6, 6.07) is 4.25. The Morgan fingerprint density at radius 1 is 1.33 bits per heavy atom. The van der Waals surface area contributed by atoms with E-state index in [2.05, 4.69) is 9.72 Å². The molecule has 3 nitrogen and oxygen atoms in total. The van der Waals surface area contributed by atoms with E-state index in [1.54, 1.807) is 6.07 Å².